The summed E-state index contributed by atoms with van der Waals surface area (Å²) >= 11 is 5.90. The SMILES string of the molecule is CC(C)C(=O)N1CCc2ccc(NC(=O)COc3cccc(Cl)c3)cc2C1. The van der Waals surface area contributed by atoms with E-state index in [1.165, 1.54) is 5.56 Å². The smallest absolute Gasteiger partial charge is 0.262 e. The van der Waals surface area contributed by atoms with Crippen molar-refractivity contribution in [3.63, 3.8) is 0 Å². The zero-order valence-corrected chi connectivity index (χ0v) is 16.3. The van der Waals surface area contributed by atoms with Gasteiger partial charge >= 0.3 is 0 Å². The van der Waals surface area contributed by atoms with Gasteiger partial charge < -0.3 is 15.0 Å². The molecule has 1 aliphatic rings. The largest absolute Gasteiger partial charge is 0.484 e. The number of rotatable bonds is 5. The Balaban J connectivity index is 1.60. The van der Waals surface area contributed by atoms with E-state index >= 15 is 0 Å². The molecule has 0 spiro atoms. The van der Waals surface area contributed by atoms with Crippen LogP contribution in [0.1, 0.15) is 25.0 Å². The molecule has 0 saturated carbocycles. The third-order valence-electron chi connectivity index (χ3n) is 4.47. The summed E-state index contributed by atoms with van der Waals surface area (Å²) in [6.45, 7) is 5.04. The molecule has 5 nitrogen and oxygen atoms in total. The number of nitrogens with one attached hydrogen (secondary N) is 1. The fourth-order valence-electron chi connectivity index (χ4n) is 3.09. The number of hydrogen-bond acceptors (Lipinski definition) is 3. The lowest BCUT2D eigenvalue weighted by molar-refractivity contribution is -0.135. The van der Waals surface area contributed by atoms with E-state index in [0.29, 0.717) is 23.0 Å². The molecule has 6 heteroatoms. The molecule has 1 N–H and O–H groups in total. The van der Waals surface area contributed by atoms with E-state index in [9.17, 15) is 9.59 Å². The maximum Gasteiger partial charge on any atom is 0.262 e. The van der Waals surface area contributed by atoms with Gasteiger partial charge in [-0.25, -0.2) is 0 Å². The van der Waals surface area contributed by atoms with Crippen molar-refractivity contribution < 1.29 is 14.3 Å². The second-order valence-corrected chi connectivity index (χ2v) is 7.38. The number of ether oxygens (including phenoxy) is 1. The first-order valence-electron chi connectivity index (χ1n) is 9.01. The van der Waals surface area contributed by atoms with E-state index in [-0.39, 0.29) is 24.3 Å². The van der Waals surface area contributed by atoms with Crippen LogP contribution >= 0.6 is 11.6 Å². The quantitative estimate of drug-likeness (QED) is 0.847. The Hall–Kier alpha value is -2.53. The summed E-state index contributed by atoms with van der Waals surface area (Å²) in [5.41, 5.74) is 2.99. The molecule has 1 aliphatic heterocycles. The van der Waals surface area contributed by atoms with Crippen molar-refractivity contribution >= 4 is 29.1 Å². The molecule has 0 radical (unpaired) electrons. The number of amides is 2. The second-order valence-electron chi connectivity index (χ2n) is 6.94. The zero-order valence-electron chi connectivity index (χ0n) is 15.5. The van der Waals surface area contributed by atoms with E-state index in [2.05, 4.69) is 5.32 Å². The predicted molar refractivity (Wildman–Crippen MR) is 106 cm³/mol. The lowest BCUT2D eigenvalue weighted by atomic mass is 9.98. The lowest BCUT2D eigenvalue weighted by Crippen LogP contribution is -2.38. The predicted octanol–water partition coefficient (Wildman–Crippen LogP) is 3.90. The molecule has 2 amide bonds. The van der Waals surface area contributed by atoms with E-state index < -0.39 is 0 Å². The first kappa shape index (κ1) is 19.2. The van der Waals surface area contributed by atoms with Crippen molar-refractivity contribution in [2.24, 2.45) is 5.92 Å². The highest BCUT2D eigenvalue weighted by Crippen LogP contribution is 2.24. The molecule has 0 fully saturated rings. The van der Waals surface area contributed by atoms with Gasteiger partial charge in [0, 0.05) is 29.7 Å². The summed E-state index contributed by atoms with van der Waals surface area (Å²) < 4.78 is 5.46. The Morgan fingerprint density at radius 2 is 2.00 bits per heavy atom. The normalized spacial score (nSPS) is 13.3. The van der Waals surface area contributed by atoms with Gasteiger partial charge in [-0.1, -0.05) is 37.6 Å². The average Bonchev–Trinajstić information content (AvgIpc) is 2.65. The van der Waals surface area contributed by atoms with Crippen molar-refractivity contribution in [1.29, 1.82) is 0 Å². The minimum absolute atomic E-state index is 0.0157. The van der Waals surface area contributed by atoms with Crippen LogP contribution in [0.2, 0.25) is 5.02 Å². The topological polar surface area (TPSA) is 58.6 Å². The van der Waals surface area contributed by atoms with Crippen LogP contribution in [0.15, 0.2) is 42.5 Å². The fourth-order valence-corrected chi connectivity index (χ4v) is 3.27. The molecule has 142 valence electrons. The Bertz CT molecular complexity index is 851. The van der Waals surface area contributed by atoms with Crippen LogP contribution in [0.5, 0.6) is 5.75 Å². The number of carbonyl (C=O) groups is 2. The number of halogens is 1. The summed E-state index contributed by atoms with van der Waals surface area (Å²) in [6.07, 6.45) is 0.833. The molecule has 0 aromatic heterocycles. The van der Waals surface area contributed by atoms with Crippen molar-refractivity contribution in [3.05, 3.63) is 58.6 Å². The number of benzene rings is 2. The maximum absolute atomic E-state index is 12.2. The molecule has 2 aromatic rings. The number of hydrogen-bond donors (Lipinski definition) is 1. The van der Waals surface area contributed by atoms with Crippen molar-refractivity contribution in [1.82, 2.24) is 4.90 Å². The minimum atomic E-state index is -0.249. The number of fused-ring (bicyclic) bond motifs is 1. The summed E-state index contributed by atoms with van der Waals surface area (Å²) in [6, 6.07) is 12.8. The molecule has 0 bridgehead atoms. The van der Waals surface area contributed by atoms with Gasteiger partial charge in [-0.05, 0) is 47.9 Å². The van der Waals surface area contributed by atoms with Crippen LogP contribution in [0.4, 0.5) is 5.69 Å². The Labute approximate surface area is 164 Å². The molecule has 0 saturated heterocycles. The van der Waals surface area contributed by atoms with Gasteiger partial charge in [0.1, 0.15) is 5.75 Å². The van der Waals surface area contributed by atoms with Crippen molar-refractivity contribution in [2.75, 3.05) is 18.5 Å². The summed E-state index contributed by atoms with van der Waals surface area (Å²) in [5.74, 6) is 0.440. The third-order valence-corrected chi connectivity index (χ3v) is 4.71. The van der Waals surface area contributed by atoms with E-state index in [0.717, 1.165) is 18.5 Å². The van der Waals surface area contributed by atoms with Crippen LogP contribution in [-0.2, 0) is 22.6 Å². The highest BCUT2D eigenvalue weighted by molar-refractivity contribution is 6.30. The van der Waals surface area contributed by atoms with Crippen LogP contribution in [-0.4, -0.2) is 29.9 Å². The fraction of sp³-hybridized carbons (Fsp3) is 0.333. The van der Waals surface area contributed by atoms with E-state index in [1.807, 2.05) is 36.9 Å². The van der Waals surface area contributed by atoms with Crippen LogP contribution in [0, 0.1) is 5.92 Å². The van der Waals surface area contributed by atoms with Crippen LogP contribution in [0.3, 0.4) is 0 Å². The average molecular weight is 387 g/mol. The second kappa shape index (κ2) is 8.44. The molecular formula is C21H23ClN2O3. The maximum atomic E-state index is 12.2. The first-order valence-corrected chi connectivity index (χ1v) is 9.39. The molecule has 27 heavy (non-hydrogen) atoms. The Kier molecular flexibility index (Phi) is 6.01. The number of anilines is 1. The molecule has 0 atom stereocenters. The molecule has 0 unspecified atom stereocenters. The summed E-state index contributed by atoms with van der Waals surface area (Å²) in [4.78, 5) is 26.3. The molecule has 2 aromatic carbocycles. The molecular weight excluding hydrogens is 364 g/mol. The van der Waals surface area contributed by atoms with Crippen molar-refractivity contribution in [2.45, 2.75) is 26.8 Å². The standard InChI is InChI=1S/C21H23ClN2O3/c1-14(2)21(26)24-9-8-15-6-7-18(10-16(15)12-24)23-20(25)13-27-19-5-3-4-17(22)11-19/h3-7,10-11,14H,8-9,12-13H2,1-2H3,(H,23,25). The van der Waals surface area contributed by atoms with Gasteiger partial charge in [0.2, 0.25) is 5.91 Å². The summed E-state index contributed by atoms with van der Waals surface area (Å²) in [7, 11) is 0. The number of carbonyl (C=O) groups excluding carboxylic acids is 2. The summed E-state index contributed by atoms with van der Waals surface area (Å²) in [5, 5.41) is 3.40. The van der Waals surface area contributed by atoms with Gasteiger partial charge in [0.25, 0.3) is 5.91 Å². The van der Waals surface area contributed by atoms with E-state index in [4.69, 9.17) is 16.3 Å². The van der Waals surface area contributed by atoms with Gasteiger partial charge in [0.15, 0.2) is 6.61 Å². The van der Waals surface area contributed by atoms with Crippen LogP contribution < -0.4 is 10.1 Å². The van der Waals surface area contributed by atoms with Gasteiger partial charge in [-0.15, -0.1) is 0 Å². The zero-order chi connectivity index (χ0) is 19.4. The third kappa shape index (κ3) is 5.01. The van der Waals surface area contributed by atoms with Gasteiger partial charge in [-0.2, -0.15) is 0 Å². The van der Waals surface area contributed by atoms with Crippen molar-refractivity contribution in [3.8, 4) is 5.75 Å². The van der Waals surface area contributed by atoms with Crippen LogP contribution in [0.25, 0.3) is 0 Å². The van der Waals surface area contributed by atoms with E-state index in [1.54, 1.807) is 24.3 Å². The lowest BCUT2D eigenvalue weighted by Gasteiger charge is -2.30. The molecule has 1 heterocycles. The Morgan fingerprint density at radius 3 is 2.74 bits per heavy atom. The number of nitrogens with zero attached hydrogens (tertiary/aromatic N) is 1. The molecule has 3 rings (SSSR count). The van der Waals surface area contributed by atoms with Gasteiger partial charge in [0.05, 0.1) is 0 Å². The highest BCUT2D eigenvalue weighted by atomic mass is 35.5. The molecule has 0 aliphatic carbocycles. The Morgan fingerprint density at radius 1 is 1.19 bits per heavy atom. The minimum Gasteiger partial charge on any atom is -0.484 e. The highest BCUT2D eigenvalue weighted by Gasteiger charge is 2.22. The van der Waals surface area contributed by atoms with Gasteiger partial charge in [-0.3, -0.25) is 9.59 Å². The first-order chi connectivity index (χ1) is 12.9. The monoisotopic (exact) mass is 386 g/mol.